The van der Waals surface area contributed by atoms with Crippen molar-refractivity contribution in [3.63, 3.8) is 0 Å². The third-order valence-electron chi connectivity index (χ3n) is 5.87. The first-order chi connectivity index (χ1) is 13.7. The van der Waals surface area contributed by atoms with Crippen molar-refractivity contribution < 1.29 is 4.79 Å². The average molecular weight is 386 g/mol. The number of likely N-dealkylation sites (N-methyl/N-ethyl adjacent to an activating group) is 2. The maximum atomic E-state index is 12.9. The molecule has 1 aromatic heterocycles. The van der Waals surface area contributed by atoms with Gasteiger partial charge in [0.15, 0.2) is 0 Å². The van der Waals surface area contributed by atoms with Crippen LogP contribution in [0.1, 0.15) is 36.1 Å². The Morgan fingerprint density at radius 1 is 1.25 bits per heavy atom. The number of fused-ring (bicyclic) bond motifs is 1. The van der Waals surface area contributed by atoms with E-state index in [9.17, 15) is 4.79 Å². The minimum atomic E-state index is -0.0870. The number of benzene rings is 1. The van der Waals surface area contributed by atoms with Crippen molar-refractivity contribution in [3.8, 4) is 0 Å². The van der Waals surface area contributed by atoms with E-state index < -0.39 is 0 Å². The number of imidazole rings is 1. The quantitative estimate of drug-likeness (QED) is 0.600. The molecule has 0 aliphatic carbocycles. The molecule has 2 aromatic rings. The minimum Gasteiger partial charge on any atom is -0.341 e. The van der Waals surface area contributed by atoms with Gasteiger partial charge in [0, 0.05) is 39.3 Å². The van der Waals surface area contributed by atoms with Crippen LogP contribution in [0.15, 0.2) is 18.2 Å². The second-order valence-corrected chi connectivity index (χ2v) is 7.55. The number of rotatable bonds is 5. The molecule has 2 unspecified atom stereocenters. The van der Waals surface area contributed by atoms with Crippen LogP contribution < -0.4 is 16.0 Å². The molecular formula is C20H31N7O. The molecule has 1 amide bonds. The molecule has 0 bridgehead atoms. The van der Waals surface area contributed by atoms with Crippen LogP contribution in [0.5, 0.6) is 0 Å². The van der Waals surface area contributed by atoms with E-state index in [2.05, 4.69) is 44.6 Å². The summed E-state index contributed by atoms with van der Waals surface area (Å²) in [6.45, 7) is 12.0. The van der Waals surface area contributed by atoms with E-state index in [1.807, 2.05) is 18.2 Å². The topological polar surface area (TPSA) is 88.3 Å². The zero-order valence-corrected chi connectivity index (χ0v) is 16.8. The summed E-state index contributed by atoms with van der Waals surface area (Å²) >= 11 is 0. The van der Waals surface area contributed by atoms with Crippen LogP contribution >= 0.6 is 0 Å². The van der Waals surface area contributed by atoms with Gasteiger partial charge < -0.3 is 20.5 Å². The molecule has 8 heteroatoms. The Kier molecular flexibility index (Phi) is 5.91. The molecule has 8 nitrogen and oxygen atoms in total. The molecule has 2 aliphatic rings. The molecule has 0 spiro atoms. The fourth-order valence-electron chi connectivity index (χ4n) is 4.19. The van der Waals surface area contributed by atoms with E-state index in [0.717, 1.165) is 69.2 Å². The van der Waals surface area contributed by atoms with Crippen LogP contribution in [-0.4, -0.2) is 84.2 Å². The molecule has 2 atom stereocenters. The fourth-order valence-corrected chi connectivity index (χ4v) is 4.19. The first-order valence-corrected chi connectivity index (χ1v) is 10.4. The van der Waals surface area contributed by atoms with Gasteiger partial charge in [-0.25, -0.2) is 4.98 Å². The lowest BCUT2D eigenvalue weighted by Gasteiger charge is -2.39. The third kappa shape index (κ3) is 3.91. The molecule has 2 saturated heterocycles. The van der Waals surface area contributed by atoms with Gasteiger partial charge in [-0.1, -0.05) is 19.9 Å². The Bertz CT molecular complexity index is 814. The summed E-state index contributed by atoms with van der Waals surface area (Å²) < 4.78 is 0. The van der Waals surface area contributed by atoms with E-state index >= 15 is 0 Å². The lowest BCUT2D eigenvalue weighted by molar-refractivity contribution is 0.0779. The summed E-state index contributed by atoms with van der Waals surface area (Å²) in [5, 5.41) is 9.67. The van der Waals surface area contributed by atoms with Crippen LogP contribution in [-0.2, 0) is 0 Å². The molecule has 28 heavy (non-hydrogen) atoms. The SMILES string of the molecule is CCN1CCN(CC)C(c2nc3c(C(=O)NC4CNCCN4)cccc3[nH]2)C1. The molecule has 0 radical (unpaired) electrons. The number of para-hydroxylation sites is 1. The molecule has 2 fully saturated rings. The van der Waals surface area contributed by atoms with E-state index in [1.165, 1.54) is 0 Å². The normalized spacial score (nSPS) is 24.5. The van der Waals surface area contributed by atoms with Gasteiger partial charge in [0.25, 0.3) is 5.91 Å². The Balaban J connectivity index is 1.60. The second kappa shape index (κ2) is 8.57. The Morgan fingerprint density at radius 3 is 2.89 bits per heavy atom. The molecule has 4 rings (SSSR count). The summed E-state index contributed by atoms with van der Waals surface area (Å²) in [5.41, 5.74) is 2.30. The summed E-state index contributed by atoms with van der Waals surface area (Å²) in [4.78, 5) is 26.2. The number of aromatic nitrogens is 2. The fraction of sp³-hybridized carbons (Fsp3) is 0.600. The van der Waals surface area contributed by atoms with Crippen LogP contribution in [0.4, 0.5) is 0 Å². The number of piperazine rings is 2. The van der Waals surface area contributed by atoms with Crippen LogP contribution in [0, 0.1) is 0 Å². The number of carbonyl (C=O) groups is 1. The highest BCUT2D eigenvalue weighted by Gasteiger charge is 2.29. The van der Waals surface area contributed by atoms with Crippen molar-refractivity contribution in [2.45, 2.75) is 26.1 Å². The Hall–Kier alpha value is -2.00. The van der Waals surface area contributed by atoms with Gasteiger partial charge in [-0.05, 0) is 25.2 Å². The summed E-state index contributed by atoms with van der Waals surface area (Å²) in [6.07, 6.45) is -0.0537. The smallest absolute Gasteiger partial charge is 0.254 e. The maximum Gasteiger partial charge on any atom is 0.254 e. The van der Waals surface area contributed by atoms with Gasteiger partial charge in [0.05, 0.1) is 23.3 Å². The zero-order valence-electron chi connectivity index (χ0n) is 16.8. The first-order valence-electron chi connectivity index (χ1n) is 10.4. The average Bonchev–Trinajstić information content (AvgIpc) is 3.18. The molecule has 152 valence electrons. The van der Waals surface area contributed by atoms with Crippen LogP contribution in [0.3, 0.4) is 0 Å². The van der Waals surface area contributed by atoms with Crippen molar-refractivity contribution in [1.29, 1.82) is 0 Å². The van der Waals surface area contributed by atoms with Gasteiger partial charge in [-0.15, -0.1) is 0 Å². The lowest BCUT2D eigenvalue weighted by atomic mass is 10.1. The summed E-state index contributed by atoms with van der Waals surface area (Å²) in [5.74, 6) is 0.865. The van der Waals surface area contributed by atoms with E-state index in [0.29, 0.717) is 5.56 Å². The highest BCUT2D eigenvalue weighted by Crippen LogP contribution is 2.26. The number of hydrogen-bond donors (Lipinski definition) is 4. The zero-order chi connectivity index (χ0) is 19.5. The monoisotopic (exact) mass is 385 g/mol. The molecule has 2 aliphatic heterocycles. The predicted molar refractivity (Wildman–Crippen MR) is 110 cm³/mol. The van der Waals surface area contributed by atoms with E-state index in [4.69, 9.17) is 4.98 Å². The molecular weight excluding hydrogens is 354 g/mol. The van der Waals surface area contributed by atoms with Crippen molar-refractivity contribution >= 4 is 16.9 Å². The second-order valence-electron chi connectivity index (χ2n) is 7.55. The molecule has 4 N–H and O–H groups in total. The highest BCUT2D eigenvalue weighted by atomic mass is 16.1. The number of nitrogens with one attached hydrogen (secondary N) is 4. The number of carbonyl (C=O) groups excluding carboxylic acids is 1. The Morgan fingerprint density at radius 2 is 2.14 bits per heavy atom. The largest absolute Gasteiger partial charge is 0.341 e. The maximum absolute atomic E-state index is 12.9. The number of hydrogen-bond acceptors (Lipinski definition) is 6. The Labute approximate surface area is 166 Å². The lowest BCUT2D eigenvalue weighted by Crippen LogP contribution is -2.57. The van der Waals surface area contributed by atoms with Crippen molar-refractivity contribution in [1.82, 2.24) is 35.7 Å². The molecule has 3 heterocycles. The standard InChI is InChI=1S/C20H31N7O/c1-3-26-10-11-27(4-2)16(13-26)19-23-15-7-5-6-14(18(15)25-19)20(28)24-17-12-21-8-9-22-17/h5-7,16-17,21-22H,3-4,8-13H2,1-2H3,(H,23,25)(H,24,28). The summed E-state index contributed by atoms with van der Waals surface area (Å²) in [6, 6.07) is 6.00. The number of aromatic amines is 1. The van der Waals surface area contributed by atoms with E-state index in [-0.39, 0.29) is 18.1 Å². The summed E-state index contributed by atoms with van der Waals surface area (Å²) in [7, 11) is 0. The van der Waals surface area contributed by atoms with Gasteiger partial charge in [-0.3, -0.25) is 15.0 Å². The van der Waals surface area contributed by atoms with Crippen LogP contribution in [0.25, 0.3) is 11.0 Å². The molecule has 1 aromatic carbocycles. The number of nitrogens with zero attached hydrogens (tertiary/aromatic N) is 3. The number of amides is 1. The van der Waals surface area contributed by atoms with Gasteiger partial charge >= 0.3 is 0 Å². The van der Waals surface area contributed by atoms with Crippen molar-refractivity contribution in [3.05, 3.63) is 29.6 Å². The van der Waals surface area contributed by atoms with E-state index in [1.54, 1.807) is 0 Å². The highest BCUT2D eigenvalue weighted by molar-refractivity contribution is 6.05. The number of H-pyrrole nitrogens is 1. The van der Waals surface area contributed by atoms with Gasteiger partial charge in [0.1, 0.15) is 11.3 Å². The van der Waals surface area contributed by atoms with Crippen molar-refractivity contribution in [2.75, 3.05) is 52.4 Å². The minimum absolute atomic E-state index is 0.0537. The third-order valence-corrected chi connectivity index (χ3v) is 5.87. The predicted octanol–water partition coefficient (Wildman–Crippen LogP) is 0.510. The first kappa shape index (κ1) is 19.3. The molecule has 0 saturated carbocycles. The van der Waals surface area contributed by atoms with Gasteiger partial charge in [0.2, 0.25) is 0 Å². The van der Waals surface area contributed by atoms with Gasteiger partial charge in [-0.2, -0.15) is 0 Å². The van der Waals surface area contributed by atoms with Crippen molar-refractivity contribution in [2.24, 2.45) is 0 Å². The van der Waals surface area contributed by atoms with Crippen LogP contribution in [0.2, 0.25) is 0 Å².